The van der Waals surface area contributed by atoms with Crippen LogP contribution in [0.25, 0.3) is 0 Å². The van der Waals surface area contributed by atoms with Crippen LogP contribution in [0.4, 0.5) is 5.69 Å². The molecule has 3 N–H and O–H groups in total. The zero-order valence-corrected chi connectivity index (χ0v) is 11.9. The summed E-state index contributed by atoms with van der Waals surface area (Å²) in [6.45, 7) is 0.724. The summed E-state index contributed by atoms with van der Waals surface area (Å²) in [6.07, 6.45) is 0. The van der Waals surface area contributed by atoms with Crippen LogP contribution in [-0.2, 0) is 14.3 Å². The highest BCUT2D eigenvalue weighted by Crippen LogP contribution is 2.33. The van der Waals surface area contributed by atoms with Crippen molar-refractivity contribution in [2.45, 2.75) is 6.92 Å². The lowest BCUT2D eigenvalue weighted by Crippen LogP contribution is -2.22. The lowest BCUT2D eigenvalue weighted by molar-refractivity contribution is -0.121. The number of nitrogens with two attached hydrogens (primary N) is 1. The van der Waals surface area contributed by atoms with Gasteiger partial charge in [-0.25, -0.2) is 4.79 Å². The van der Waals surface area contributed by atoms with Gasteiger partial charge in [0.2, 0.25) is 5.91 Å². The first-order chi connectivity index (χ1) is 9.88. The van der Waals surface area contributed by atoms with Crippen molar-refractivity contribution in [1.29, 1.82) is 0 Å². The Kier molecular flexibility index (Phi) is 5.53. The van der Waals surface area contributed by atoms with Gasteiger partial charge >= 0.3 is 5.97 Å². The van der Waals surface area contributed by atoms with Crippen molar-refractivity contribution in [3.05, 3.63) is 17.7 Å². The number of anilines is 1. The Labute approximate surface area is 121 Å². The van der Waals surface area contributed by atoms with Crippen LogP contribution in [-0.4, -0.2) is 38.6 Å². The lowest BCUT2D eigenvalue weighted by Gasteiger charge is -2.14. The van der Waals surface area contributed by atoms with E-state index in [0.717, 1.165) is 0 Å². The quantitative estimate of drug-likeness (QED) is 0.729. The number of carbonyl (C=O) groups excluding carboxylic acids is 3. The van der Waals surface area contributed by atoms with Crippen LogP contribution in [0.1, 0.15) is 17.3 Å². The molecule has 8 nitrogen and oxygen atoms in total. The molecule has 0 aliphatic heterocycles. The van der Waals surface area contributed by atoms with E-state index < -0.39 is 18.5 Å². The molecule has 0 spiro atoms. The Morgan fingerprint density at radius 2 is 1.71 bits per heavy atom. The van der Waals surface area contributed by atoms with Gasteiger partial charge < -0.3 is 25.3 Å². The number of amides is 2. The summed E-state index contributed by atoms with van der Waals surface area (Å²) in [5, 5.41) is 2.48. The third-order valence-corrected chi connectivity index (χ3v) is 2.40. The van der Waals surface area contributed by atoms with E-state index >= 15 is 0 Å². The molecular weight excluding hydrogens is 280 g/mol. The van der Waals surface area contributed by atoms with Crippen LogP contribution in [0.15, 0.2) is 12.1 Å². The molecule has 0 atom stereocenters. The molecule has 114 valence electrons. The number of carbonyl (C=O) groups is 3. The van der Waals surface area contributed by atoms with Crippen molar-refractivity contribution < 1.29 is 28.6 Å². The Morgan fingerprint density at radius 3 is 2.19 bits per heavy atom. The molecule has 1 rings (SSSR count). The van der Waals surface area contributed by atoms with Gasteiger partial charge in [-0.3, -0.25) is 9.59 Å². The molecule has 8 heteroatoms. The summed E-state index contributed by atoms with van der Waals surface area (Å²) in [4.78, 5) is 33.8. The number of hydrogen-bond acceptors (Lipinski definition) is 6. The van der Waals surface area contributed by atoms with Crippen LogP contribution in [0.5, 0.6) is 11.5 Å². The summed E-state index contributed by atoms with van der Waals surface area (Å²) in [5.74, 6) is -1.39. The molecule has 0 aromatic heterocycles. The smallest absolute Gasteiger partial charge is 0.340 e. The second kappa shape index (κ2) is 7.13. The Bertz CT molecular complexity index is 570. The number of benzene rings is 1. The maximum Gasteiger partial charge on any atom is 0.340 e. The number of methoxy groups -OCH3 is 2. The topological polar surface area (TPSA) is 117 Å². The average molecular weight is 296 g/mol. The van der Waals surface area contributed by atoms with Crippen molar-refractivity contribution in [1.82, 2.24) is 0 Å². The first-order valence-corrected chi connectivity index (χ1v) is 5.88. The van der Waals surface area contributed by atoms with Crippen LogP contribution in [0.2, 0.25) is 0 Å². The minimum absolute atomic E-state index is 0.0177. The maximum absolute atomic E-state index is 11.9. The summed E-state index contributed by atoms with van der Waals surface area (Å²) >= 11 is 0. The third kappa shape index (κ3) is 4.37. The summed E-state index contributed by atoms with van der Waals surface area (Å²) in [7, 11) is 2.81. The number of nitrogens with one attached hydrogen (secondary N) is 1. The number of ether oxygens (including phenoxy) is 3. The van der Waals surface area contributed by atoms with E-state index in [4.69, 9.17) is 19.9 Å². The number of rotatable bonds is 6. The highest BCUT2D eigenvalue weighted by Gasteiger charge is 2.19. The first kappa shape index (κ1) is 16.3. The molecule has 0 saturated heterocycles. The van der Waals surface area contributed by atoms with Crippen molar-refractivity contribution in [2.75, 3.05) is 26.1 Å². The predicted octanol–water partition coefficient (Wildman–Crippen LogP) is 0.304. The molecule has 2 amide bonds. The fourth-order valence-corrected chi connectivity index (χ4v) is 1.56. The Balaban J connectivity index is 3.22. The Hall–Kier alpha value is -2.77. The van der Waals surface area contributed by atoms with Gasteiger partial charge in [-0.2, -0.15) is 0 Å². The van der Waals surface area contributed by atoms with Crippen LogP contribution < -0.4 is 20.5 Å². The van der Waals surface area contributed by atoms with E-state index in [1.54, 1.807) is 0 Å². The number of primary amides is 1. The molecule has 0 bridgehead atoms. The minimum Gasteiger partial charge on any atom is -0.493 e. The molecule has 0 heterocycles. The predicted molar refractivity (Wildman–Crippen MR) is 73.3 cm³/mol. The highest BCUT2D eigenvalue weighted by molar-refractivity contribution is 6.02. The van der Waals surface area contributed by atoms with Crippen LogP contribution in [0, 0.1) is 0 Å². The lowest BCUT2D eigenvalue weighted by atomic mass is 10.1. The monoisotopic (exact) mass is 296 g/mol. The summed E-state index contributed by atoms with van der Waals surface area (Å²) in [5.41, 5.74) is 5.10. The van der Waals surface area contributed by atoms with Gasteiger partial charge in [0.1, 0.15) is 0 Å². The van der Waals surface area contributed by atoms with E-state index in [-0.39, 0.29) is 22.9 Å². The molecule has 0 saturated carbocycles. The molecule has 0 unspecified atom stereocenters. The fraction of sp³-hybridized carbons (Fsp3) is 0.308. The minimum atomic E-state index is -0.821. The number of hydrogen-bond donors (Lipinski definition) is 2. The number of esters is 1. The van der Waals surface area contributed by atoms with Gasteiger partial charge in [0.25, 0.3) is 5.91 Å². The SMILES string of the molecule is COc1cc(NC(C)=O)c(C(=O)OCC(N)=O)cc1OC. The van der Waals surface area contributed by atoms with E-state index in [0.29, 0.717) is 5.75 Å². The van der Waals surface area contributed by atoms with E-state index in [1.165, 1.54) is 33.3 Å². The fourth-order valence-electron chi connectivity index (χ4n) is 1.56. The zero-order chi connectivity index (χ0) is 16.0. The van der Waals surface area contributed by atoms with Gasteiger partial charge in [0.15, 0.2) is 18.1 Å². The van der Waals surface area contributed by atoms with Gasteiger partial charge in [0, 0.05) is 19.1 Å². The normalized spacial score (nSPS) is 9.67. The van der Waals surface area contributed by atoms with Crippen molar-refractivity contribution in [3.63, 3.8) is 0 Å². The van der Waals surface area contributed by atoms with Crippen LogP contribution in [0.3, 0.4) is 0 Å². The molecule has 1 aromatic carbocycles. The molecule has 0 fully saturated rings. The second-order valence-electron chi connectivity index (χ2n) is 3.98. The van der Waals surface area contributed by atoms with Gasteiger partial charge in [0.05, 0.1) is 25.5 Å². The van der Waals surface area contributed by atoms with E-state index in [9.17, 15) is 14.4 Å². The Morgan fingerprint density at radius 1 is 1.14 bits per heavy atom. The second-order valence-corrected chi connectivity index (χ2v) is 3.98. The summed E-state index contributed by atoms with van der Waals surface area (Å²) < 4.78 is 14.9. The van der Waals surface area contributed by atoms with Gasteiger partial charge in [-0.1, -0.05) is 0 Å². The first-order valence-electron chi connectivity index (χ1n) is 5.88. The molecule has 1 aromatic rings. The van der Waals surface area contributed by atoms with Crippen molar-refractivity contribution in [3.8, 4) is 11.5 Å². The third-order valence-electron chi connectivity index (χ3n) is 2.40. The highest BCUT2D eigenvalue weighted by atomic mass is 16.5. The van der Waals surface area contributed by atoms with Gasteiger partial charge in [-0.05, 0) is 0 Å². The molecule has 0 radical (unpaired) electrons. The van der Waals surface area contributed by atoms with Gasteiger partial charge in [-0.15, -0.1) is 0 Å². The average Bonchev–Trinajstić information content (AvgIpc) is 2.43. The standard InChI is InChI=1S/C13H16N2O6/c1-7(16)15-9-5-11(20-3)10(19-2)4-8(9)13(18)21-6-12(14)17/h4-5H,6H2,1-3H3,(H2,14,17)(H,15,16). The summed E-state index contributed by atoms with van der Waals surface area (Å²) in [6, 6.07) is 2.76. The van der Waals surface area contributed by atoms with Crippen molar-refractivity contribution >= 4 is 23.5 Å². The van der Waals surface area contributed by atoms with Crippen LogP contribution >= 0.6 is 0 Å². The van der Waals surface area contributed by atoms with Crippen molar-refractivity contribution in [2.24, 2.45) is 5.73 Å². The molecule has 0 aliphatic rings. The van der Waals surface area contributed by atoms with E-state index in [1.807, 2.05) is 0 Å². The molecular formula is C13H16N2O6. The maximum atomic E-state index is 11.9. The molecule has 21 heavy (non-hydrogen) atoms. The van der Waals surface area contributed by atoms with E-state index in [2.05, 4.69) is 5.32 Å². The zero-order valence-electron chi connectivity index (χ0n) is 11.9. The largest absolute Gasteiger partial charge is 0.493 e. The molecule has 0 aliphatic carbocycles.